The lowest BCUT2D eigenvalue weighted by molar-refractivity contribution is -0.205. The van der Waals surface area contributed by atoms with Crippen molar-refractivity contribution >= 4 is 29.3 Å². The third-order valence-corrected chi connectivity index (χ3v) is 6.80. The molecule has 2 aliphatic heterocycles. The summed E-state index contributed by atoms with van der Waals surface area (Å²) in [5.41, 5.74) is -0.719. The number of amides is 1. The summed E-state index contributed by atoms with van der Waals surface area (Å²) in [7, 11) is 0. The maximum atomic E-state index is 12.9. The van der Waals surface area contributed by atoms with Crippen molar-refractivity contribution in [1.82, 2.24) is 10.6 Å². The molecule has 2 aliphatic rings. The van der Waals surface area contributed by atoms with Gasteiger partial charge in [0, 0.05) is 13.2 Å². The molecule has 0 aromatic heterocycles. The Morgan fingerprint density at radius 1 is 1.28 bits per heavy atom. The monoisotopic (exact) mass is 454 g/mol. The third kappa shape index (κ3) is 6.67. The lowest BCUT2D eigenvalue weighted by atomic mass is 9.92. The van der Waals surface area contributed by atoms with Gasteiger partial charge < -0.3 is 35.4 Å². The van der Waals surface area contributed by atoms with E-state index in [9.17, 15) is 20.1 Å². The van der Waals surface area contributed by atoms with E-state index in [1.165, 1.54) is 11.8 Å². The molecule has 0 radical (unpaired) electrons. The molecule has 8 unspecified atom stereocenters. The van der Waals surface area contributed by atoms with Crippen molar-refractivity contribution in [3.8, 4) is 0 Å². The minimum Gasteiger partial charge on any atom is -0.388 e. The second-order valence-electron chi connectivity index (χ2n) is 7.79. The molecule has 10 heteroatoms. The number of nitrogens with one attached hydrogen (secondary N) is 2. The van der Waals surface area contributed by atoms with Crippen LogP contribution in [0.5, 0.6) is 0 Å². The van der Waals surface area contributed by atoms with Gasteiger partial charge in [0.2, 0.25) is 5.91 Å². The number of hydrogen-bond acceptors (Lipinski definition) is 8. The average Bonchev–Trinajstić information content (AvgIpc) is 2.95. The Balaban J connectivity index is 2.01. The standard InChI is InChI=1S/C19H35ClN2O6S/c1-4-27-9-11-5-6-12(21-8-7-11)18(26)22-13(10(2)20)17-15(24)14(23)16(25)19(28-17)29-3/h10-17,19,21,23-25H,4-9H2,1-3H3,(H,22,26)/t10?,11-,12?,13?,14?,15?,16?,17?,19?/m1/s1. The van der Waals surface area contributed by atoms with Crippen LogP contribution in [0.2, 0.25) is 0 Å². The number of halogens is 1. The number of carbonyl (C=O) groups excluding carboxylic acids is 1. The SMILES string of the molecule is CCOC[C@H]1CCNC(C(=O)NC(C(C)Cl)C2OC(SC)C(O)C(O)C2O)CC1. The highest BCUT2D eigenvalue weighted by atomic mass is 35.5. The Bertz CT molecular complexity index is 515. The molecule has 170 valence electrons. The van der Waals surface area contributed by atoms with Crippen LogP contribution in [0.25, 0.3) is 0 Å². The highest BCUT2D eigenvalue weighted by Gasteiger charge is 2.48. The highest BCUT2D eigenvalue weighted by molar-refractivity contribution is 7.99. The number of aliphatic hydroxyl groups excluding tert-OH is 3. The molecule has 0 aromatic carbocycles. The van der Waals surface area contributed by atoms with Crippen LogP contribution in [0.1, 0.15) is 33.1 Å². The molecule has 0 bridgehead atoms. The Kier molecular flexibility index (Phi) is 10.4. The number of thioether (sulfide) groups is 1. The molecule has 0 spiro atoms. The lowest BCUT2D eigenvalue weighted by Crippen LogP contribution is -2.65. The molecule has 8 nitrogen and oxygen atoms in total. The van der Waals surface area contributed by atoms with Gasteiger partial charge in [-0.3, -0.25) is 4.79 Å². The smallest absolute Gasteiger partial charge is 0.237 e. The normalized spacial score (nSPS) is 38.1. The first-order valence-electron chi connectivity index (χ1n) is 10.3. The van der Waals surface area contributed by atoms with Gasteiger partial charge in [0.25, 0.3) is 0 Å². The van der Waals surface area contributed by atoms with E-state index in [1.54, 1.807) is 13.2 Å². The number of carbonyl (C=O) groups is 1. The molecule has 2 saturated heterocycles. The van der Waals surface area contributed by atoms with Gasteiger partial charge in [-0.05, 0) is 51.8 Å². The van der Waals surface area contributed by atoms with Crippen LogP contribution in [-0.4, -0.2) is 94.6 Å². The van der Waals surface area contributed by atoms with E-state index < -0.39 is 41.3 Å². The van der Waals surface area contributed by atoms with Crippen LogP contribution in [-0.2, 0) is 14.3 Å². The summed E-state index contributed by atoms with van der Waals surface area (Å²) >= 11 is 7.54. The van der Waals surface area contributed by atoms with Gasteiger partial charge in [-0.2, -0.15) is 0 Å². The second-order valence-corrected chi connectivity index (χ2v) is 9.41. The fourth-order valence-corrected chi connectivity index (χ4v) is 4.76. The summed E-state index contributed by atoms with van der Waals surface area (Å²) in [6.45, 7) is 5.78. The fraction of sp³-hybridized carbons (Fsp3) is 0.947. The first-order chi connectivity index (χ1) is 13.8. The van der Waals surface area contributed by atoms with E-state index in [0.717, 1.165) is 19.4 Å². The largest absolute Gasteiger partial charge is 0.388 e. The zero-order valence-corrected chi connectivity index (χ0v) is 18.9. The molecule has 0 saturated carbocycles. The van der Waals surface area contributed by atoms with Gasteiger partial charge >= 0.3 is 0 Å². The summed E-state index contributed by atoms with van der Waals surface area (Å²) in [4.78, 5) is 12.9. The van der Waals surface area contributed by atoms with E-state index in [4.69, 9.17) is 21.1 Å². The van der Waals surface area contributed by atoms with Crippen molar-refractivity contribution in [2.75, 3.05) is 26.0 Å². The third-order valence-electron chi connectivity index (χ3n) is 5.68. The first kappa shape index (κ1) is 25.1. The molecule has 9 atom stereocenters. The van der Waals surface area contributed by atoms with Crippen LogP contribution in [0.15, 0.2) is 0 Å². The molecule has 0 aromatic rings. The number of ether oxygens (including phenoxy) is 2. The van der Waals surface area contributed by atoms with E-state index in [0.29, 0.717) is 25.6 Å². The van der Waals surface area contributed by atoms with Gasteiger partial charge in [0.1, 0.15) is 29.9 Å². The summed E-state index contributed by atoms with van der Waals surface area (Å²) in [5, 5.41) is 36.3. The summed E-state index contributed by atoms with van der Waals surface area (Å²) in [5.74, 6) is 0.210. The van der Waals surface area contributed by atoms with Crippen LogP contribution in [0.3, 0.4) is 0 Å². The van der Waals surface area contributed by atoms with E-state index in [-0.39, 0.29) is 11.9 Å². The predicted molar refractivity (Wildman–Crippen MR) is 113 cm³/mol. The number of hydrogen-bond donors (Lipinski definition) is 5. The van der Waals surface area contributed by atoms with E-state index >= 15 is 0 Å². The van der Waals surface area contributed by atoms with E-state index in [1.807, 2.05) is 6.92 Å². The van der Waals surface area contributed by atoms with Gasteiger partial charge in [-0.1, -0.05) is 0 Å². The molecule has 5 N–H and O–H groups in total. The molecular formula is C19H35ClN2O6S. The van der Waals surface area contributed by atoms with E-state index in [2.05, 4.69) is 10.6 Å². The summed E-state index contributed by atoms with van der Waals surface area (Å²) < 4.78 is 11.3. The Hall–Kier alpha value is -0.130. The van der Waals surface area contributed by atoms with Crippen LogP contribution in [0, 0.1) is 5.92 Å². The van der Waals surface area contributed by atoms with Crippen LogP contribution < -0.4 is 10.6 Å². The number of alkyl halides is 1. The first-order valence-corrected chi connectivity index (χ1v) is 12.0. The fourth-order valence-electron chi connectivity index (χ4n) is 3.87. The second kappa shape index (κ2) is 12.0. The van der Waals surface area contributed by atoms with Crippen LogP contribution in [0.4, 0.5) is 0 Å². The number of aliphatic hydroxyl groups is 3. The molecule has 0 aliphatic carbocycles. The quantitative estimate of drug-likeness (QED) is 0.327. The van der Waals surface area contributed by atoms with Gasteiger partial charge in [0.15, 0.2) is 0 Å². The molecule has 1 amide bonds. The van der Waals surface area contributed by atoms with Crippen molar-refractivity contribution < 1.29 is 29.6 Å². The zero-order valence-electron chi connectivity index (χ0n) is 17.3. The van der Waals surface area contributed by atoms with Gasteiger partial charge in [0.05, 0.1) is 17.5 Å². The number of rotatable bonds is 8. The maximum absolute atomic E-state index is 12.9. The Labute approximate surface area is 182 Å². The van der Waals surface area contributed by atoms with Gasteiger partial charge in [-0.15, -0.1) is 23.4 Å². The zero-order chi connectivity index (χ0) is 21.6. The Morgan fingerprint density at radius 3 is 2.62 bits per heavy atom. The Morgan fingerprint density at radius 2 is 2.00 bits per heavy atom. The predicted octanol–water partition coefficient (Wildman–Crippen LogP) is 0.0639. The maximum Gasteiger partial charge on any atom is 0.237 e. The minimum atomic E-state index is -1.38. The van der Waals surface area contributed by atoms with Crippen molar-refractivity contribution in [3.63, 3.8) is 0 Å². The van der Waals surface area contributed by atoms with Crippen molar-refractivity contribution in [1.29, 1.82) is 0 Å². The van der Waals surface area contributed by atoms with Crippen molar-refractivity contribution in [3.05, 3.63) is 0 Å². The van der Waals surface area contributed by atoms with Crippen molar-refractivity contribution in [2.45, 2.75) is 80.4 Å². The summed E-state index contributed by atoms with van der Waals surface area (Å²) in [6, 6.07) is -1.09. The van der Waals surface area contributed by atoms with Gasteiger partial charge in [-0.25, -0.2) is 0 Å². The molecule has 2 heterocycles. The molecular weight excluding hydrogens is 420 g/mol. The van der Waals surface area contributed by atoms with Crippen LogP contribution >= 0.6 is 23.4 Å². The highest BCUT2D eigenvalue weighted by Crippen LogP contribution is 2.30. The molecule has 2 fully saturated rings. The molecule has 29 heavy (non-hydrogen) atoms. The lowest BCUT2D eigenvalue weighted by Gasteiger charge is -2.44. The average molecular weight is 455 g/mol. The molecule has 2 rings (SSSR count). The summed E-state index contributed by atoms with van der Waals surface area (Å²) in [6.07, 6.45) is -0.648. The minimum absolute atomic E-state index is 0.211. The topological polar surface area (TPSA) is 120 Å². The van der Waals surface area contributed by atoms with Crippen molar-refractivity contribution in [2.24, 2.45) is 5.92 Å².